The second-order valence-electron chi connectivity index (χ2n) is 2.53. The van der Waals surface area contributed by atoms with Crippen molar-refractivity contribution in [1.82, 2.24) is 15.0 Å². The third-order valence-electron chi connectivity index (χ3n) is 1.68. The Hall–Kier alpha value is -2.33. The quantitative estimate of drug-likeness (QED) is 0.409. The average molecular weight is 186 g/mol. The first-order valence-corrected chi connectivity index (χ1v) is 3.93. The van der Waals surface area contributed by atoms with Crippen molar-refractivity contribution in [2.75, 3.05) is 0 Å². The van der Waals surface area contributed by atoms with Gasteiger partial charge in [0.05, 0.1) is 11.9 Å². The monoisotopic (exact) mass is 186 g/mol. The van der Waals surface area contributed by atoms with Gasteiger partial charge in [-0.3, -0.25) is 0 Å². The van der Waals surface area contributed by atoms with Gasteiger partial charge in [-0.15, -0.1) is 5.10 Å². The first-order valence-electron chi connectivity index (χ1n) is 3.93. The number of benzene rings is 1. The van der Waals surface area contributed by atoms with E-state index >= 15 is 0 Å². The van der Waals surface area contributed by atoms with Gasteiger partial charge in [0.2, 0.25) is 0 Å². The molecule has 0 bridgehead atoms. The summed E-state index contributed by atoms with van der Waals surface area (Å²) >= 11 is 0. The van der Waals surface area contributed by atoms with E-state index in [0.29, 0.717) is 5.82 Å². The minimum Gasteiger partial charge on any atom is -0.211 e. The lowest BCUT2D eigenvalue weighted by molar-refractivity contribution is 0.803. The van der Waals surface area contributed by atoms with Crippen LogP contribution in [0.4, 0.5) is 5.82 Å². The SMILES string of the molecule is [N-]=[N+]=Nc1cnnn1-c1ccccc1. The molecule has 2 aromatic rings. The molecule has 1 aromatic heterocycles. The van der Waals surface area contributed by atoms with Crippen molar-refractivity contribution in [2.24, 2.45) is 5.11 Å². The number of para-hydroxylation sites is 1. The average Bonchev–Trinajstić information content (AvgIpc) is 2.68. The van der Waals surface area contributed by atoms with Gasteiger partial charge in [0, 0.05) is 4.91 Å². The fourth-order valence-corrected chi connectivity index (χ4v) is 1.10. The number of aromatic nitrogens is 3. The molecule has 1 aromatic carbocycles. The van der Waals surface area contributed by atoms with Crippen LogP contribution in [0.5, 0.6) is 0 Å². The van der Waals surface area contributed by atoms with Gasteiger partial charge in [-0.2, -0.15) is 0 Å². The zero-order valence-corrected chi connectivity index (χ0v) is 7.15. The lowest BCUT2D eigenvalue weighted by Gasteiger charge is -2.00. The Balaban J connectivity index is 2.52. The Labute approximate surface area is 79.4 Å². The van der Waals surface area contributed by atoms with Gasteiger partial charge in [0.15, 0.2) is 5.82 Å². The van der Waals surface area contributed by atoms with Crippen LogP contribution in [-0.4, -0.2) is 15.0 Å². The first kappa shape index (κ1) is 8.28. The molecule has 1 heterocycles. The van der Waals surface area contributed by atoms with Gasteiger partial charge in [-0.25, -0.2) is 4.68 Å². The lowest BCUT2D eigenvalue weighted by Crippen LogP contribution is -1.94. The molecular weight excluding hydrogens is 180 g/mol. The summed E-state index contributed by atoms with van der Waals surface area (Å²) in [6.07, 6.45) is 1.41. The summed E-state index contributed by atoms with van der Waals surface area (Å²) in [5, 5.41) is 10.9. The summed E-state index contributed by atoms with van der Waals surface area (Å²) < 4.78 is 1.47. The smallest absolute Gasteiger partial charge is 0.150 e. The summed E-state index contributed by atoms with van der Waals surface area (Å²) in [6, 6.07) is 9.34. The minimum atomic E-state index is 0.374. The van der Waals surface area contributed by atoms with Crippen molar-refractivity contribution in [3.05, 3.63) is 47.0 Å². The van der Waals surface area contributed by atoms with Crippen molar-refractivity contribution in [1.29, 1.82) is 0 Å². The molecule has 2 rings (SSSR count). The van der Waals surface area contributed by atoms with E-state index in [-0.39, 0.29) is 0 Å². The highest BCUT2D eigenvalue weighted by atomic mass is 15.5. The van der Waals surface area contributed by atoms with Crippen molar-refractivity contribution >= 4 is 5.82 Å². The molecule has 0 radical (unpaired) electrons. The van der Waals surface area contributed by atoms with Gasteiger partial charge in [-0.1, -0.05) is 23.4 Å². The van der Waals surface area contributed by atoms with Crippen LogP contribution >= 0.6 is 0 Å². The molecule has 14 heavy (non-hydrogen) atoms. The fourth-order valence-electron chi connectivity index (χ4n) is 1.10. The van der Waals surface area contributed by atoms with E-state index in [1.165, 1.54) is 10.9 Å². The van der Waals surface area contributed by atoms with E-state index in [4.69, 9.17) is 5.53 Å². The van der Waals surface area contributed by atoms with Crippen LogP contribution in [0.25, 0.3) is 16.1 Å². The standard InChI is InChI=1S/C8H6N6/c9-12-11-8-6-10-13-14(8)7-4-2-1-3-5-7/h1-6H. The van der Waals surface area contributed by atoms with Crippen LogP contribution in [0.2, 0.25) is 0 Å². The van der Waals surface area contributed by atoms with Crippen molar-refractivity contribution < 1.29 is 0 Å². The zero-order valence-electron chi connectivity index (χ0n) is 7.15. The second kappa shape index (κ2) is 3.59. The maximum absolute atomic E-state index is 8.30. The maximum atomic E-state index is 8.30. The summed E-state index contributed by atoms with van der Waals surface area (Å²) in [7, 11) is 0. The third kappa shape index (κ3) is 1.41. The Kier molecular flexibility index (Phi) is 2.12. The van der Waals surface area contributed by atoms with Gasteiger partial charge in [-0.05, 0) is 22.8 Å². The van der Waals surface area contributed by atoms with Crippen LogP contribution in [0.3, 0.4) is 0 Å². The second-order valence-corrected chi connectivity index (χ2v) is 2.53. The molecule has 0 aliphatic rings. The molecule has 0 unspecified atom stereocenters. The Morgan fingerprint density at radius 3 is 2.79 bits per heavy atom. The maximum Gasteiger partial charge on any atom is 0.150 e. The fraction of sp³-hybridized carbons (Fsp3) is 0. The molecule has 0 spiro atoms. The summed E-state index contributed by atoms with van der Waals surface area (Å²) in [4.78, 5) is 2.69. The molecule has 6 nitrogen and oxygen atoms in total. The molecule has 0 amide bonds. The first-order chi connectivity index (χ1) is 6.92. The molecule has 68 valence electrons. The van der Waals surface area contributed by atoms with Crippen LogP contribution in [0.1, 0.15) is 0 Å². The van der Waals surface area contributed by atoms with Gasteiger partial charge in [0.1, 0.15) is 0 Å². The molecule has 0 aliphatic heterocycles. The van der Waals surface area contributed by atoms with E-state index in [1.807, 2.05) is 30.3 Å². The summed E-state index contributed by atoms with van der Waals surface area (Å²) in [5.74, 6) is 0.374. The summed E-state index contributed by atoms with van der Waals surface area (Å²) in [5.41, 5.74) is 9.11. The number of azide groups is 1. The molecule has 0 N–H and O–H groups in total. The largest absolute Gasteiger partial charge is 0.211 e. The topological polar surface area (TPSA) is 79.5 Å². The van der Waals surface area contributed by atoms with Crippen LogP contribution < -0.4 is 0 Å². The van der Waals surface area contributed by atoms with E-state index in [1.54, 1.807) is 0 Å². The van der Waals surface area contributed by atoms with Crippen LogP contribution in [-0.2, 0) is 0 Å². The van der Waals surface area contributed by atoms with Gasteiger partial charge >= 0.3 is 0 Å². The van der Waals surface area contributed by atoms with E-state index in [2.05, 4.69) is 20.3 Å². The van der Waals surface area contributed by atoms with E-state index in [9.17, 15) is 0 Å². The minimum absolute atomic E-state index is 0.374. The molecular formula is C8H6N6. The highest BCUT2D eigenvalue weighted by molar-refractivity contribution is 5.38. The predicted molar refractivity (Wildman–Crippen MR) is 50.2 cm³/mol. The number of nitrogens with zero attached hydrogens (tertiary/aromatic N) is 6. The zero-order chi connectivity index (χ0) is 9.80. The molecule has 0 saturated heterocycles. The molecule has 0 fully saturated rings. The van der Waals surface area contributed by atoms with E-state index in [0.717, 1.165) is 5.69 Å². The predicted octanol–water partition coefficient (Wildman–Crippen LogP) is 2.21. The third-order valence-corrected chi connectivity index (χ3v) is 1.68. The molecule has 0 saturated carbocycles. The highest BCUT2D eigenvalue weighted by Crippen LogP contribution is 2.15. The number of hydrogen-bond acceptors (Lipinski definition) is 3. The number of hydrogen-bond donors (Lipinski definition) is 0. The van der Waals surface area contributed by atoms with Crippen LogP contribution in [0, 0.1) is 0 Å². The summed E-state index contributed by atoms with van der Waals surface area (Å²) in [6.45, 7) is 0. The Morgan fingerprint density at radius 1 is 1.29 bits per heavy atom. The highest BCUT2D eigenvalue weighted by Gasteiger charge is 2.02. The molecule has 6 heteroatoms. The van der Waals surface area contributed by atoms with Gasteiger partial charge < -0.3 is 0 Å². The van der Waals surface area contributed by atoms with Crippen molar-refractivity contribution in [2.45, 2.75) is 0 Å². The van der Waals surface area contributed by atoms with E-state index < -0.39 is 0 Å². The molecule has 0 atom stereocenters. The normalized spacial score (nSPS) is 9.43. The Morgan fingerprint density at radius 2 is 2.07 bits per heavy atom. The number of rotatable bonds is 2. The van der Waals surface area contributed by atoms with Crippen molar-refractivity contribution in [3.63, 3.8) is 0 Å². The van der Waals surface area contributed by atoms with Crippen LogP contribution in [0.15, 0.2) is 41.6 Å². The molecule has 0 aliphatic carbocycles. The van der Waals surface area contributed by atoms with Gasteiger partial charge in [0.25, 0.3) is 0 Å². The Bertz CT molecular complexity index is 468. The van der Waals surface area contributed by atoms with Crippen molar-refractivity contribution in [3.8, 4) is 5.69 Å². The lowest BCUT2D eigenvalue weighted by atomic mass is 10.3.